The van der Waals surface area contributed by atoms with Gasteiger partial charge >= 0.3 is 0 Å². The Balaban J connectivity index is 1.75. The highest BCUT2D eigenvalue weighted by atomic mass is 35.5. The lowest BCUT2D eigenvalue weighted by Gasteiger charge is -2.23. The van der Waals surface area contributed by atoms with Gasteiger partial charge in [-0.1, -0.05) is 23.7 Å². The van der Waals surface area contributed by atoms with Crippen molar-refractivity contribution in [1.29, 1.82) is 0 Å². The Labute approximate surface area is 164 Å². The van der Waals surface area contributed by atoms with Crippen LogP contribution in [0.3, 0.4) is 0 Å². The van der Waals surface area contributed by atoms with E-state index in [0.717, 1.165) is 29.3 Å². The summed E-state index contributed by atoms with van der Waals surface area (Å²) in [7, 11) is 0. The van der Waals surface area contributed by atoms with Gasteiger partial charge in [0.25, 0.3) is 0 Å². The molecule has 0 saturated heterocycles. The molecule has 3 nitrogen and oxygen atoms in total. The number of aliphatic hydroxyl groups excluding tert-OH is 1. The van der Waals surface area contributed by atoms with E-state index in [0.29, 0.717) is 13.2 Å². The zero-order valence-electron chi connectivity index (χ0n) is 14.3. The van der Waals surface area contributed by atoms with Crippen LogP contribution in [0.5, 0.6) is 5.75 Å². The second-order valence-electron chi connectivity index (χ2n) is 5.74. The Morgan fingerprint density at radius 1 is 1.24 bits per heavy atom. The minimum absolute atomic E-state index is 0.0000455. The molecular weight excluding hydrogens is 374 g/mol. The Kier molecular flexibility index (Phi) is 8.99. The molecule has 6 heteroatoms. The summed E-state index contributed by atoms with van der Waals surface area (Å²) in [4.78, 5) is 3.17. The fraction of sp³-hybridized carbons (Fsp3) is 0.368. The molecule has 0 aliphatic rings. The molecule has 25 heavy (non-hydrogen) atoms. The molecule has 0 fully saturated rings. The Morgan fingerprint density at radius 3 is 2.64 bits per heavy atom. The number of nitrogens with zero attached hydrogens (tertiary/aromatic N) is 1. The van der Waals surface area contributed by atoms with Crippen molar-refractivity contribution < 1.29 is 9.84 Å². The molecular formula is C19H24ClNO2S2. The summed E-state index contributed by atoms with van der Waals surface area (Å²) in [5, 5.41) is 10.3. The molecule has 2 rings (SSSR count). The quantitative estimate of drug-likeness (QED) is 0.357. The smallest absolute Gasteiger partial charge is 0.119 e. The van der Waals surface area contributed by atoms with Crippen LogP contribution in [0, 0.1) is 0 Å². The summed E-state index contributed by atoms with van der Waals surface area (Å²) < 4.78 is 5.78. The fourth-order valence-electron chi connectivity index (χ4n) is 2.41. The Hall–Kier alpha value is -0.850. The van der Waals surface area contributed by atoms with Crippen molar-refractivity contribution in [1.82, 2.24) is 4.90 Å². The van der Waals surface area contributed by atoms with Gasteiger partial charge < -0.3 is 9.84 Å². The Bertz CT molecular complexity index is 640. The third-order valence-electron chi connectivity index (χ3n) is 3.78. The highest BCUT2D eigenvalue weighted by Crippen LogP contribution is 2.19. The van der Waals surface area contributed by atoms with Crippen molar-refractivity contribution in [2.75, 3.05) is 32.7 Å². The van der Waals surface area contributed by atoms with Gasteiger partial charge in [0.1, 0.15) is 12.4 Å². The summed E-state index contributed by atoms with van der Waals surface area (Å²) >= 11 is 12.3. The topological polar surface area (TPSA) is 32.7 Å². The highest BCUT2D eigenvalue weighted by molar-refractivity contribution is 7.98. The summed E-state index contributed by atoms with van der Waals surface area (Å²) in [5.41, 5.74) is 1.16. The van der Waals surface area contributed by atoms with Gasteiger partial charge in [-0.3, -0.25) is 4.90 Å². The van der Waals surface area contributed by atoms with Crippen molar-refractivity contribution >= 4 is 36.0 Å². The number of aliphatic hydroxyl groups is 1. The molecule has 0 amide bonds. The first kappa shape index (κ1) is 20.5. The third-order valence-corrected chi connectivity index (χ3v) is 5.07. The molecule has 0 radical (unpaired) electrons. The number of thiol groups is 1. The van der Waals surface area contributed by atoms with Crippen LogP contribution in [0.2, 0.25) is 5.02 Å². The van der Waals surface area contributed by atoms with Crippen LogP contribution >= 0.6 is 36.0 Å². The number of ether oxygens (including phenoxy) is 1. The molecule has 0 saturated carbocycles. The molecule has 1 atom stereocenters. The number of hydrogen-bond donors (Lipinski definition) is 2. The second-order valence-corrected chi connectivity index (χ2v) is 7.79. The van der Waals surface area contributed by atoms with Gasteiger partial charge in [-0.25, -0.2) is 0 Å². The number of benzene rings is 2. The molecule has 0 heterocycles. The van der Waals surface area contributed by atoms with Gasteiger partial charge in [-0.2, -0.15) is 12.6 Å². The average Bonchev–Trinajstić information content (AvgIpc) is 2.64. The predicted molar refractivity (Wildman–Crippen MR) is 110 cm³/mol. The van der Waals surface area contributed by atoms with E-state index in [-0.39, 0.29) is 12.0 Å². The minimum atomic E-state index is 0.0000455. The van der Waals surface area contributed by atoms with Crippen molar-refractivity contribution in [2.45, 2.75) is 16.6 Å². The maximum Gasteiger partial charge on any atom is 0.119 e. The summed E-state index contributed by atoms with van der Waals surface area (Å²) in [6, 6.07) is 15.8. The number of halogens is 1. The second kappa shape index (κ2) is 11.0. The van der Waals surface area contributed by atoms with Gasteiger partial charge in [0, 0.05) is 28.3 Å². The van der Waals surface area contributed by atoms with Gasteiger partial charge in [0.05, 0.1) is 6.73 Å². The number of hydrogen-bond acceptors (Lipinski definition) is 5. The first-order valence-corrected chi connectivity index (χ1v) is 10.2. The monoisotopic (exact) mass is 397 g/mol. The normalized spacial score (nSPS) is 12.4. The summed E-state index contributed by atoms with van der Waals surface area (Å²) in [5.74, 6) is 0.839. The summed E-state index contributed by atoms with van der Waals surface area (Å²) in [6.45, 7) is 1.90. The third kappa shape index (κ3) is 7.50. The molecule has 0 aliphatic carbocycles. The van der Waals surface area contributed by atoms with Crippen molar-refractivity contribution in [3.63, 3.8) is 0 Å². The SMILES string of the molecule is CSc1ccc(OCC(S)CN(CO)CCc2cccc(Cl)c2)cc1. The molecule has 2 aromatic carbocycles. The van der Waals surface area contributed by atoms with E-state index < -0.39 is 0 Å². The molecule has 2 aromatic rings. The van der Waals surface area contributed by atoms with Crippen molar-refractivity contribution in [2.24, 2.45) is 0 Å². The van der Waals surface area contributed by atoms with Crippen molar-refractivity contribution in [3.8, 4) is 5.75 Å². The molecule has 0 bridgehead atoms. The predicted octanol–water partition coefficient (Wildman–Crippen LogP) is 4.23. The van der Waals surface area contributed by atoms with Crippen LogP contribution in [0.4, 0.5) is 0 Å². The van der Waals surface area contributed by atoms with E-state index in [9.17, 15) is 5.11 Å². The van der Waals surface area contributed by atoms with E-state index in [2.05, 4.69) is 12.6 Å². The van der Waals surface area contributed by atoms with Gasteiger partial charge in [0.2, 0.25) is 0 Å². The van der Waals surface area contributed by atoms with E-state index in [4.69, 9.17) is 16.3 Å². The van der Waals surface area contributed by atoms with Crippen LogP contribution in [0.25, 0.3) is 0 Å². The van der Waals surface area contributed by atoms with E-state index in [1.165, 1.54) is 4.90 Å². The van der Waals surface area contributed by atoms with E-state index in [1.807, 2.05) is 59.7 Å². The van der Waals surface area contributed by atoms with Crippen LogP contribution < -0.4 is 4.74 Å². The molecule has 0 aromatic heterocycles. The zero-order chi connectivity index (χ0) is 18.1. The van der Waals surface area contributed by atoms with E-state index >= 15 is 0 Å². The van der Waals surface area contributed by atoms with Gasteiger partial charge in [0.15, 0.2) is 0 Å². The molecule has 1 N–H and O–H groups in total. The van der Waals surface area contributed by atoms with E-state index in [1.54, 1.807) is 11.8 Å². The highest BCUT2D eigenvalue weighted by Gasteiger charge is 2.11. The molecule has 0 spiro atoms. The lowest BCUT2D eigenvalue weighted by atomic mass is 10.1. The largest absolute Gasteiger partial charge is 0.492 e. The summed E-state index contributed by atoms with van der Waals surface area (Å²) in [6.07, 6.45) is 2.88. The van der Waals surface area contributed by atoms with Gasteiger partial charge in [-0.15, -0.1) is 11.8 Å². The molecule has 1 unspecified atom stereocenters. The zero-order valence-corrected chi connectivity index (χ0v) is 16.7. The van der Waals surface area contributed by atoms with Crippen LogP contribution in [0.1, 0.15) is 5.56 Å². The van der Waals surface area contributed by atoms with Crippen LogP contribution in [-0.4, -0.2) is 47.9 Å². The standard InChI is InChI=1S/C19H24ClNO2S2/c1-25-19-7-5-17(6-8-19)23-13-18(24)12-21(14-22)10-9-15-3-2-4-16(20)11-15/h2-8,11,18,22,24H,9-10,12-14H2,1H3. The maximum atomic E-state index is 9.57. The lowest BCUT2D eigenvalue weighted by molar-refractivity contribution is 0.104. The Morgan fingerprint density at radius 2 is 2.00 bits per heavy atom. The van der Waals surface area contributed by atoms with Gasteiger partial charge in [-0.05, 0) is 54.6 Å². The fourth-order valence-corrected chi connectivity index (χ4v) is 3.34. The first-order valence-electron chi connectivity index (χ1n) is 8.13. The minimum Gasteiger partial charge on any atom is -0.492 e. The number of thioether (sulfide) groups is 1. The first-order chi connectivity index (χ1) is 12.1. The average molecular weight is 398 g/mol. The lowest BCUT2D eigenvalue weighted by Crippen LogP contribution is -2.35. The molecule has 136 valence electrons. The maximum absolute atomic E-state index is 9.57. The van der Waals surface area contributed by atoms with Crippen molar-refractivity contribution in [3.05, 3.63) is 59.1 Å². The van der Waals surface area contributed by atoms with Crippen LogP contribution in [0.15, 0.2) is 53.4 Å². The number of rotatable bonds is 10. The van der Waals surface area contributed by atoms with Crippen LogP contribution in [-0.2, 0) is 6.42 Å². The molecule has 0 aliphatic heterocycles.